The van der Waals surface area contributed by atoms with Gasteiger partial charge in [0.2, 0.25) is 0 Å². The Kier molecular flexibility index (Phi) is 6.37. The van der Waals surface area contributed by atoms with E-state index in [0.717, 1.165) is 65.1 Å². The van der Waals surface area contributed by atoms with Crippen molar-refractivity contribution in [2.45, 2.75) is 32.7 Å². The van der Waals surface area contributed by atoms with Crippen LogP contribution in [-0.4, -0.2) is 55.3 Å². The predicted octanol–water partition coefficient (Wildman–Crippen LogP) is 4.88. The fourth-order valence-electron chi connectivity index (χ4n) is 5.69. The fourth-order valence-corrected chi connectivity index (χ4v) is 5.69. The van der Waals surface area contributed by atoms with E-state index < -0.39 is 0 Å². The summed E-state index contributed by atoms with van der Waals surface area (Å²) in [5, 5.41) is 8.44. The van der Waals surface area contributed by atoms with E-state index in [4.69, 9.17) is 19.4 Å². The van der Waals surface area contributed by atoms with Crippen LogP contribution in [0, 0.1) is 12.8 Å². The van der Waals surface area contributed by atoms with Gasteiger partial charge in [0.25, 0.3) is 0 Å². The topological polar surface area (TPSA) is 97.0 Å². The van der Waals surface area contributed by atoms with Crippen LogP contribution >= 0.6 is 0 Å². The number of benzene rings is 1. The average Bonchev–Trinajstić information content (AvgIpc) is 3.45. The molecule has 4 aromatic heterocycles. The maximum absolute atomic E-state index is 12.7. The highest BCUT2D eigenvalue weighted by molar-refractivity contribution is 6.06. The number of carbonyl (C=O) groups excluding carboxylic acids is 1. The van der Waals surface area contributed by atoms with E-state index in [-0.39, 0.29) is 12.0 Å². The first-order valence-corrected chi connectivity index (χ1v) is 13.0. The Morgan fingerprint density at radius 2 is 1.79 bits per heavy atom. The first-order valence-electron chi connectivity index (χ1n) is 13.0. The summed E-state index contributed by atoms with van der Waals surface area (Å²) < 4.78 is 15.1. The molecule has 0 spiro atoms. The number of fused-ring (bicyclic) bond motifs is 3. The highest BCUT2D eigenvalue weighted by Crippen LogP contribution is 2.40. The molecule has 1 saturated heterocycles. The van der Waals surface area contributed by atoms with E-state index in [9.17, 15) is 4.79 Å². The maximum atomic E-state index is 12.7. The summed E-state index contributed by atoms with van der Waals surface area (Å²) in [5.41, 5.74) is 7.66. The van der Waals surface area contributed by atoms with Gasteiger partial charge in [-0.25, -0.2) is 9.48 Å². The van der Waals surface area contributed by atoms with E-state index >= 15 is 0 Å². The van der Waals surface area contributed by atoms with Gasteiger partial charge < -0.3 is 14.0 Å². The van der Waals surface area contributed by atoms with E-state index in [2.05, 4.69) is 45.2 Å². The summed E-state index contributed by atoms with van der Waals surface area (Å²) in [5.74, 6) is -0.0498. The number of esters is 1. The van der Waals surface area contributed by atoms with Crippen molar-refractivity contribution in [3.63, 3.8) is 0 Å². The summed E-state index contributed by atoms with van der Waals surface area (Å²) >= 11 is 0. The molecule has 194 valence electrons. The minimum absolute atomic E-state index is 0.00200. The van der Waals surface area contributed by atoms with Crippen molar-refractivity contribution < 1.29 is 14.3 Å². The van der Waals surface area contributed by atoms with Crippen LogP contribution in [0.25, 0.3) is 33.3 Å². The zero-order valence-corrected chi connectivity index (χ0v) is 21.8. The zero-order chi connectivity index (χ0) is 26.2. The van der Waals surface area contributed by atoms with Gasteiger partial charge in [0.1, 0.15) is 11.0 Å². The van der Waals surface area contributed by atoms with Crippen molar-refractivity contribution in [2.24, 2.45) is 13.0 Å². The van der Waals surface area contributed by atoms with Crippen molar-refractivity contribution in [3.05, 3.63) is 71.7 Å². The maximum Gasteiger partial charge on any atom is 0.339 e. The molecule has 5 heterocycles. The third kappa shape index (κ3) is 4.12. The molecule has 38 heavy (non-hydrogen) atoms. The molecule has 1 unspecified atom stereocenters. The van der Waals surface area contributed by atoms with Gasteiger partial charge in [0.15, 0.2) is 0 Å². The van der Waals surface area contributed by atoms with Crippen LogP contribution in [0.1, 0.15) is 47.4 Å². The highest BCUT2D eigenvalue weighted by Gasteiger charge is 2.31. The second kappa shape index (κ2) is 9.98. The number of aryl methyl sites for hydroxylation is 2. The van der Waals surface area contributed by atoms with Crippen molar-refractivity contribution in [3.8, 4) is 11.3 Å². The molecule has 0 amide bonds. The lowest BCUT2D eigenvalue weighted by Crippen LogP contribution is -2.27. The largest absolute Gasteiger partial charge is 0.462 e. The van der Waals surface area contributed by atoms with Crippen LogP contribution in [-0.2, 0) is 16.5 Å². The van der Waals surface area contributed by atoms with Crippen molar-refractivity contribution in [1.29, 1.82) is 0 Å². The van der Waals surface area contributed by atoms with Crippen molar-refractivity contribution in [1.82, 2.24) is 29.5 Å². The van der Waals surface area contributed by atoms with Crippen molar-refractivity contribution in [2.75, 3.05) is 19.8 Å². The Hall–Kier alpha value is -4.11. The Bertz CT molecular complexity index is 1600. The lowest BCUT2D eigenvalue weighted by atomic mass is 9.86. The lowest BCUT2D eigenvalue weighted by Gasteiger charge is -2.33. The Labute approximate surface area is 220 Å². The molecule has 0 bridgehead atoms. The minimum Gasteiger partial charge on any atom is -0.462 e. The smallest absolute Gasteiger partial charge is 0.339 e. The highest BCUT2D eigenvalue weighted by atomic mass is 16.5. The summed E-state index contributed by atoms with van der Waals surface area (Å²) in [6.45, 7) is 5.50. The Morgan fingerprint density at radius 1 is 1.08 bits per heavy atom. The number of rotatable bonds is 6. The molecule has 9 heteroatoms. The molecule has 0 radical (unpaired) electrons. The molecule has 1 atom stereocenters. The van der Waals surface area contributed by atoms with E-state index in [1.807, 2.05) is 32.3 Å². The lowest BCUT2D eigenvalue weighted by molar-refractivity contribution is 0.0526. The van der Waals surface area contributed by atoms with Gasteiger partial charge in [-0.1, -0.05) is 35.5 Å². The van der Waals surface area contributed by atoms with Crippen LogP contribution in [0.4, 0.5) is 0 Å². The molecule has 1 aliphatic rings. The SMILES string of the molecule is CCOC(=O)c1cnc2c3ncc(-c4c(C)nnn4C)cc3n(C(c3ccccc3)C3CCOCC3)c2c1. The average molecular weight is 511 g/mol. The molecule has 1 aromatic carbocycles. The fraction of sp³-hybridized carbons (Fsp3) is 0.345. The molecule has 9 nitrogen and oxygen atoms in total. The third-order valence-electron chi connectivity index (χ3n) is 7.39. The van der Waals surface area contributed by atoms with E-state index in [0.29, 0.717) is 18.1 Å². The van der Waals surface area contributed by atoms with Gasteiger partial charge in [-0.3, -0.25) is 9.97 Å². The van der Waals surface area contributed by atoms with Gasteiger partial charge >= 0.3 is 5.97 Å². The van der Waals surface area contributed by atoms with Crippen molar-refractivity contribution >= 4 is 28.0 Å². The quantitative estimate of drug-likeness (QED) is 0.300. The molecule has 5 aromatic rings. The zero-order valence-electron chi connectivity index (χ0n) is 21.8. The molecular weight excluding hydrogens is 480 g/mol. The molecule has 1 fully saturated rings. The Morgan fingerprint density at radius 3 is 2.47 bits per heavy atom. The number of aromatic nitrogens is 6. The Balaban J connectivity index is 1.67. The van der Waals surface area contributed by atoms with Crippen LogP contribution in [0.2, 0.25) is 0 Å². The second-order valence-corrected chi connectivity index (χ2v) is 9.73. The molecule has 6 rings (SSSR count). The summed E-state index contributed by atoms with van der Waals surface area (Å²) in [6.07, 6.45) is 5.30. The molecule has 0 saturated carbocycles. The second-order valence-electron chi connectivity index (χ2n) is 9.73. The number of ether oxygens (including phenoxy) is 2. The standard InChI is InChI=1S/C29H30N6O3/c1-4-38-29(36)22-15-24-26(31-17-22)25-23(14-21(16-30-25)27-18(2)32-33-34(27)3)35(24)28(19-8-6-5-7-9-19)20-10-12-37-13-11-20/h5-9,14-17,20,28H,4,10-13H2,1-3H3. The molecular formula is C29H30N6O3. The van der Waals surface area contributed by atoms with Gasteiger partial charge in [-0.15, -0.1) is 5.10 Å². The first-order chi connectivity index (χ1) is 18.6. The first kappa shape index (κ1) is 24.2. The van der Waals surface area contributed by atoms with Crippen LogP contribution in [0.5, 0.6) is 0 Å². The molecule has 0 aliphatic carbocycles. The predicted molar refractivity (Wildman–Crippen MR) is 144 cm³/mol. The number of hydrogen-bond donors (Lipinski definition) is 0. The van der Waals surface area contributed by atoms with Gasteiger partial charge in [0.05, 0.1) is 40.6 Å². The summed E-state index contributed by atoms with van der Waals surface area (Å²) in [6, 6.07) is 14.6. The molecule has 1 aliphatic heterocycles. The normalized spacial score (nSPS) is 15.2. The number of carbonyl (C=O) groups is 1. The summed E-state index contributed by atoms with van der Waals surface area (Å²) in [4.78, 5) is 22.4. The molecule has 0 N–H and O–H groups in total. The minimum atomic E-state index is -0.383. The number of nitrogens with zero attached hydrogens (tertiary/aromatic N) is 6. The van der Waals surface area contributed by atoms with Crippen LogP contribution < -0.4 is 0 Å². The van der Waals surface area contributed by atoms with Crippen LogP contribution in [0.15, 0.2) is 54.9 Å². The van der Waals surface area contributed by atoms with Gasteiger partial charge in [0, 0.05) is 38.2 Å². The summed E-state index contributed by atoms with van der Waals surface area (Å²) in [7, 11) is 1.89. The third-order valence-corrected chi connectivity index (χ3v) is 7.39. The number of hydrogen-bond acceptors (Lipinski definition) is 7. The van der Waals surface area contributed by atoms with E-state index in [1.165, 1.54) is 5.56 Å². The van der Waals surface area contributed by atoms with E-state index in [1.54, 1.807) is 17.8 Å². The number of pyridine rings is 2. The van der Waals surface area contributed by atoms with Crippen LogP contribution in [0.3, 0.4) is 0 Å². The van der Waals surface area contributed by atoms with Gasteiger partial charge in [-0.2, -0.15) is 0 Å². The monoisotopic (exact) mass is 510 g/mol. The van der Waals surface area contributed by atoms with Gasteiger partial charge in [-0.05, 0) is 50.3 Å².